The van der Waals surface area contributed by atoms with E-state index >= 15 is 0 Å². The molecule has 0 spiro atoms. The SMILES string of the molecule is CCOC(=O)c1nnc(SCc2cc(F)ccc2C#N)o1. The Morgan fingerprint density at radius 2 is 2.33 bits per heavy atom. The number of rotatable bonds is 5. The van der Waals surface area contributed by atoms with E-state index in [2.05, 4.69) is 10.2 Å². The predicted molar refractivity (Wildman–Crippen MR) is 70.9 cm³/mol. The maximum Gasteiger partial charge on any atom is 0.396 e. The summed E-state index contributed by atoms with van der Waals surface area (Å²) in [5.41, 5.74) is 0.882. The molecule has 0 radical (unpaired) electrons. The highest BCUT2D eigenvalue weighted by molar-refractivity contribution is 7.98. The third-order valence-corrected chi connectivity index (χ3v) is 3.26. The smallest absolute Gasteiger partial charge is 0.396 e. The lowest BCUT2D eigenvalue weighted by Crippen LogP contribution is -2.04. The van der Waals surface area contributed by atoms with Crippen LogP contribution >= 0.6 is 11.8 Å². The second kappa shape index (κ2) is 6.85. The molecule has 8 heteroatoms. The molecule has 0 amide bonds. The fourth-order valence-corrected chi connectivity index (χ4v) is 2.23. The quantitative estimate of drug-likeness (QED) is 0.619. The van der Waals surface area contributed by atoms with Crippen molar-refractivity contribution in [2.24, 2.45) is 0 Å². The molecule has 0 saturated carbocycles. The van der Waals surface area contributed by atoms with E-state index in [0.29, 0.717) is 11.1 Å². The maximum atomic E-state index is 13.2. The van der Waals surface area contributed by atoms with Crippen LogP contribution in [0.15, 0.2) is 27.8 Å². The van der Waals surface area contributed by atoms with Gasteiger partial charge in [0.05, 0.1) is 18.2 Å². The van der Waals surface area contributed by atoms with Crippen LogP contribution in [0.25, 0.3) is 0 Å². The van der Waals surface area contributed by atoms with Crippen molar-refractivity contribution in [1.29, 1.82) is 5.26 Å². The van der Waals surface area contributed by atoms with Crippen LogP contribution in [-0.4, -0.2) is 22.8 Å². The van der Waals surface area contributed by atoms with Crippen LogP contribution in [0.4, 0.5) is 4.39 Å². The molecule has 0 N–H and O–H groups in total. The van der Waals surface area contributed by atoms with Crippen LogP contribution in [-0.2, 0) is 10.5 Å². The number of benzene rings is 1. The zero-order valence-corrected chi connectivity index (χ0v) is 11.8. The number of carbonyl (C=O) groups is 1. The number of esters is 1. The summed E-state index contributed by atoms with van der Waals surface area (Å²) in [6.45, 7) is 1.87. The van der Waals surface area contributed by atoms with Gasteiger partial charge >= 0.3 is 11.9 Å². The van der Waals surface area contributed by atoms with E-state index in [-0.39, 0.29) is 23.5 Å². The summed E-state index contributed by atoms with van der Waals surface area (Å²) in [7, 11) is 0. The molecule has 0 fully saturated rings. The van der Waals surface area contributed by atoms with Crippen molar-refractivity contribution in [3.05, 3.63) is 41.0 Å². The van der Waals surface area contributed by atoms with Gasteiger partial charge in [0, 0.05) is 5.75 Å². The zero-order chi connectivity index (χ0) is 15.2. The maximum absolute atomic E-state index is 13.2. The summed E-state index contributed by atoms with van der Waals surface area (Å²) < 4.78 is 23.0. The van der Waals surface area contributed by atoms with E-state index < -0.39 is 11.8 Å². The van der Waals surface area contributed by atoms with Crippen LogP contribution in [0.2, 0.25) is 0 Å². The largest absolute Gasteiger partial charge is 0.459 e. The van der Waals surface area contributed by atoms with Crippen LogP contribution < -0.4 is 0 Å². The highest BCUT2D eigenvalue weighted by Crippen LogP contribution is 2.24. The minimum atomic E-state index is -0.694. The van der Waals surface area contributed by atoms with Crippen molar-refractivity contribution < 1.29 is 18.3 Å². The lowest BCUT2D eigenvalue weighted by molar-refractivity contribution is 0.0475. The van der Waals surface area contributed by atoms with E-state index in [1.54, 1.807) is 6.92 Å². The van der Waals surface area contributed by atoms with Gasteiger partial charge in [0.25, 0.3) is 5.22 Å². The van der Waals surface area contributed by atoms with Gasteiger partial charge in [0.15, 0.2) is 0 Å². The second-order valence-electron chi connectivity index (χ2n) is 3.80. The molecule has 1 heterocycles. The van der Waals surface area contributed by atoms with Crippen LogP contribution in [0.5, 0.6) is 0 Å². The molecule has 1 aromatic carbocycles. The zero-order valence-electron chi connectivity index (χ0n) is 11.0. The molecule has 0 bridgehead atoms. The topological polar surface area (TPSA) is 89.0 Å². The van der Waals surface area contributed by atoms with Gasteiger partial charge in [-0.25, -0.2) is 9.18 Å². The molecule has 0 aliphatic heterocycles. The first-order chi connectivity index (χ1) is 10.1. The molecule has 0 atom stereocenters. The number of nitrogens with zero attached hydrogens (tertiary/aromatic N) is 3. The summed E-state index contributed by atoms with van der Waals surface area (Å²) in [4.78, 5) is 11.4. The van der Waals surface area contributed by atoms with Crippen molar-refractivity contribution in [1.82, 2.24) is 10.2 Å². The molecule has 0 aliphatic rings. The molecule has 0 saturated heterocycles. The summed E-state index contributed by atoms with van der Waals surface area (Å²) in [6.07, 6.45) is 0. The molecule has 6 nitrogen and oxygen atoms in total. The Bertz CT molecular complexity index is 696. The first-order valence-electron chi connectivity index (χ1n) is 5.96. The van der Waals surface area contributed by atoms with Gasteiger partial charge in [-0.05, 0) is 30.7 Å². The third-order valence-electron chi connectivity index (χ3n) is 2.40. The minimum absolute atomic E-state index is 0.145. The first-order valence-corrected chi connectivity index (χ1v) is 6.94. The molecule has 1 aromatic heterocycles. The molecular weight excluding hydrogens is 297 g/mol. The lowest BCUT2D eigenvalue weighted by Gasteiger charge is -2.01. The van der Waals surface area contributed by atoms with Crippen LogP contribution in [0, 0.1) is 17.1 Å². The summed E-state index contributed by atoms with van der Waals surface area (Å²) >= 11 is 1.10. The standard InChI is InChI=1S/C13H10FN3O3S/c1-2-19-12(18)11-16-17-13(20-11)21-7-9-5-10(14)4-3-8(9)6-15/h3-5H,2,7H2,1H3. The number of ether oxygens (including phenoxy) is 1. The Labute approximate surface area is 123 Å². The fraction of sp³-hybridized carbons (Fsp3) is 0.231. The van der Waals surface area contributed by atoms with Crippen LogP contribution in [0.1, 0.15) is 28.7 Å². The van der Waals surface area contributed by atoms with Crippen molar-refractivity contribution in [3.8, 4) is 6.07 Å². The number of carbonyl (C=O) groups excluding carboxylic acids is 1. The van der Waals surface area contributed by atoms with Crippen molar-refractivity contribution in [2.45, 2.75) is 17.9 Å². The Balaban J connectivity index is 2.06. The van der Waals surface area contributed by atoms with E-state index in [0.717, 1.165) is 11.8 Å². The molecule has 21 heavy (non-hydrogen) atoms. The van der Waals surface area contributed by atoms with Crippen molar-refractivity contribution >= 4 is 17.7 Å². The van der Waals surface area contributed by atoms with Gasteiger partial charge in [-0.2, -0.15) is 5.26 Å². The number of nitriles is 1. The average Bonchev–Trinajstić information content (AvgIpc) is 2.94. The Morgan fingerprint density at radius 3 is 3.05 bits per heavy atom. The highest BCUT2D eigenvalue weighted by atomic mass is 32.2. The average molecular weight is 307 g/mol. The number of aromatic nitrogens is 2. The molecule has 2 aromatic rings. The van der Waals surface area contributed by atoms with Gasteiger partial charge in [-0.3, -0.25) is 0 Å². The minimum Gasteiger partial charge on any atom is -0.459 e. The highest BCUT2D eigenvalue weighted by Gasteiger charge is 2.16. The second-order valence-corrected chi connectivity index (χ2v) is 4.72. The Hall–Kier alpha value is -2.40. The number of halogens is 1. The van der Waals surface area contributed by atoms with E-state index in [9.17, 15) is 9.18 Å². The van der Waals surface area contributed by atoms with Crippen molar-refractivity contribution in [2.75, 3.05) is 6.61 Å². The number of hydrogen-bond acceptors (Lipinski definition) is 7. The molecule has 0 unspecified atom stereocenters. The van der Waals surface area contributed by atoms with E-state index in [1.165, 1.54) is 18.2 Å². The van der Waals surface area contributed by atoms with Gasteiger partial charge in [0.2, 0.25) is 0 Å². The Morgan fingerprint density at radius 1 is 1.52 bits per heavy atom. The Kier molecular flexibility index (Phi) is 4.90. The summed E-state index contributed by atoms with van der Waals surface area (Å²) in [5.74, 6) is -1.09. The molecule has 0 aliphatic carbocycles. The van der Waals surface area contributed by atoms with Crippen molar-refractivity contribution in [3.63, 3.8) is 0 Å². The molecule has 2 rings (SSSR count). The normalized spacial score (nSPS) is 10.1. The van der Waals surface area contributed by atoms with Gasteiger partial charge < -0.3 is 9.15 Å². The van der Waals surface area contributed by atoms with Gasteiger partial charge in [0.1, 0.15) is 5.82 Å². The first kappa shape index (κ1) is 15.0. The summed E-state index contributed by atoms with van der Waals surface area (Å²) in [5, 5.41) is 16.3. The van der Waals surface area contributed by atoms with Gasteiger partial charge in [-0.15, -0.1) is 5.10 Å². The van der Waals surface area contributed by atoms with Gasteiger partial charge in [-0.1, -0.05) is 16.9 Å². The monoisotopic (exact) mass is 307 g/mol. The summed E-state index contributed by atoms with van der Waals surface area (Å²) in [6, 6.07) is 5.88. The fourth-order valence-electron chi connectivity index (χ4n) is 1.47. The molecule has 108 valence electrons. The third kappa shape index (κ3) is 3.79. The van der Waals surface area contributed by atoms with Crippen LogP contribution in [0.3, 0.4) is 0 Å². The van der Waals surface area contributed by atoms with E-state index in [1.807, 2.05) is 6.07 Å². The molecular formula is C13H10FN3O3S. The lowest BCUT2D eigenvalue weighted by atomic mass is 10.1. The number of thioether (sulfide) groups is 1. The number of hydrogen-bond donors (Lipinski definition) is 0. The van der Waals surface area contributed by atoms with E-state index in [4.69, 9.17) is 14.4 Å². The predicted octanol–water partition coefficient (Wildman–Crippen LogP) is 2.55.